The summed E-state index contributed by atoms with van der Waals surface area (Å²) in [5, 5.41) is 2.84. The molecule has 1 amide bonds. The highest BCUT2D eigenvalue weighted by molar-refractivity contribution is 5.94. The summed E-state index contributed by atoms with van der Waals surface area (Å²) < 4.78 is 11.0. The zero-order valence-corrected chi connectivity index (χ0v) is 11.9. The first kappa shape index (κ1) is 14.7. The van der Waals surface area contributed by atoms with Crippen LogP contribution in [0.2, 0.25) is 0 Å². The molecule has 20 heavy (non-hydrogen) atoms. The van der Waals surface area contributed by atoms with Gasteiger partial charge in [-0.25, -0.2) is 0 Å². The number of carbonyl (C=O) groups excluding carboxylic acids is 1. The lowest BCUT2D eigenvalue weighted by atomic mass is 10.0. The average molecular weight is 278 g/mol. The zero-order chi connectivity index (χ0) is 14.4. The Morgan fingerprint density at radius 1 is 1.25 bits per heavy atom. The maximum atomic E-state index is 11.4. The Hall–Kier alpha value is -1.75. The van der Waals surface area contributed by atoms with Crippen LogP contribution >= 0.6 is 0 Å². The number of nitrogens with one attached hydrogen (secondary N) is 1. The van der Waals surface area contributed by atoms with E-state index in [0.717, 1.165) is 37.1 Å². The molecule has 1 heterocycles. The molecule has 0 fully saturated rings. The topological polar surface area (TPSA) is 73.6 Å². The number of unbranched alkanes of at least 4 members (excludes halogenated alkanes) is 1. The third kappa shape index (κ3) is 3.87. The van der Waals surface area contributed by atoms with Crippen molar-refractivity contribution in [3.63, 3.8) is 0 Å². The number of carbonyl (C=O) groups is 1. The number of nitrogens with two attached hydrogens (primary N) is 1. The van der Waals surface area contributed by atoms with Gasteiger partial charge in [-0.15, -0.1) is 0 Å². The highest BCUT2D eigenvalue weighted by Crippen LogP contribution is 2.32. The van der Waals surface area contributed by atoms with Crippen LogP contribution in [0.3, 0.4) is 0 Å². The number of hydrogen-bond donors (Lipinski definition) is 2. The van der Waals surface area contributed by atoms with Gasteiger partial charge in [0.25, 0.3) is 0 Å². The van der Waals surface area contributed by atoms with Crippen LogP contribution in [0.15, 0.2) is 12.1 Å². The van der Waals surface area contributed by atoms with E-state index in [0.29, 0.717) is 31.1 Å². The Labute approximate surface area is 119 Å². The molecule has 0 saturated carbocycles. The third-order valence-electron chi connectivity index (χ3n) is 3.26. The summed E-state index contributed by atoms with van der Waals surface area (Å²) >= 11 is 0. The zero-order valence-electron chi connectivity index (χ0n) is 11.9. The van der Waals surface area contributed by atoms with E-state index >= 15 is 0 Å². The normalized spacial score (nSPS) is 13.8. The molecule has 110 valence electrons. The third-order valence-corrected chi connectivity index (χ3v) is 3.26. The second kappa shape index (κ2) is 7.14. The van der Waals surface area contributed by atoms with Gasteiger partial charge in [-0.2, -0.15) is 0 Å². The predicted octanol–water partition coefficient (Wildman–Crippen LogP) is 2.35. The minimum atomic E-state index is 0.0381. The van der Waals surface area contributed by atoms with Crippen LogP contribution in [-0.4, -0.2) is 25.7 Å². The van der Waals surface area contributed by atoms with Crippen molar-refractivity contribution in [1.29, 1.82) is 0 Å². The lowest BCUT2D eigenvalue weighted by Gasteiger charge is -2.19. The molecule has 0 bridgehead atoms. The fraction of sp³-hybridized carbons (Fsp3) is 0.533. The van der Waals surface area contributed by atoms with Crippen molar-refractivity contribution in [2.24, 2.45) is 0 Å². The monoisotopic (exact) mass is 278 g/mol. The number of hydrogen-bond acceptors (Lipinski definition) is 4. The Kier molecular flexibility index (Phi) is 5.24. The Balaban J connectivity index is 1.88. The van der Waals surface area contributed by atoms with Crippen molar-refractivity contribution >= 4 is 17.3 Å². The van der Waals surface area contributed by atoms with Crippen molar-refractivity contribution in [1.82, 2.24) is 0 Å². The van der Waals surface area contributed by atoms with E-state index < -0.39 is 0 Å². The van der Waals surface area contributed by atoms with Crippen LogP contribution in [0, 0.1) is 0 Å². The number of benzene rings is 1. The molecule has 0 aliphatic carbocycles. The molecule has 0 aromatic heterocycles. The van der Waals surface area contributed by atoms with Crippen molar-refractivity contribution in [3.8, 4) is 5.75 Å². The molecule has 1 aromatic rings. The largest absolute Gasteiger partial charge is 0.489 e. The predicted molar refractivity (Wildman–Crippen MR) is 79.0 cm³/mol. The molecule has 5 heteroatoms. The van der Waals surface area contributed by atoms with Gasteiger partial charge < -0.3 is 20.5 Å². The maximum Gasteiger partial charge on any atom is 0.224 e. The van der Waals surface area contributed by atoms with E-state index in [2.05, 4.69) is 12.2 Å². The number of amides is 1. The molecule has 1 aliphatic rings. The highest BCUT2D eigenvalue weighted by atomic mass is 16.5. The number of nitrogen functional groups attached to an aromatic ring is 1. The van der Waals surface area contributed by atoms with Crippen molar-refractivity contribution in [3.05, 3.63) is 17.7 Å². The van der Waals surface area contributed by atoms with Gasteiger partial charge >= 0.3 is 0 Å². The van der Waals surface area contributed by atoms with Gasteiger partial charge in [0.1, 0.15) is 12.4 Å². The van der Waals surface area contributed by atoms with Crippen molar-refractivity contribution < 1.29 is 14.3 Å². The van der Waals surface area contributed by atoms with Gasteiger partial charge in [0.15, 0.2) is 0 Å². The standard InChI is InChI=1S/C15H22N2O3/c1-2-3-6-19-7-8-20-14-10-13-11(9-12(14)16)4-5-15(18)17-13/h9-10H,2-8,16H2,1H3,(H,17,18). The van der Waals surface area contributed by atoms with Gasteiger partial charge in [-0.05, 0) is 24.5 Å². The number of aryl methyl sites for hydroxylation is 1. The second-order valence-electron chi connectivity index (χ2n) is 4.91. The van der Waals surface area contributed by atoms with Crippen LogP contribution < -0.4 is 15.8 Å². The van der Waals surface area contributed by atoms with E-state index in [1.165, 1.54) is 0 Å². The molecule has 0 spiro atoms. The number of fused-ring (bicyclic) bond motifs is 1. The Bertz CT molecular complexity index is 474. The highest BCUT2D eigenvalue weighted by Gasteiger charge is 2.17. The SMILES string of the molecule is CCCCOCCOc1cc2c(cc1N)CCC(=O)N2. The Morgan fingerprint density at radius 3 is 2.90 bits per heavy atom. The summed E-state index contributed by atoms with van der Waals surface area (Å²) in [7, 11) is 0. The smallest absolute Gasteiger partial charge is 0.224 e. The molecule has 1 aliphatic heterocycles. The van der Waals surface area contributed by atoms with Gasteiger partial charge in [-0.1, -0.05) is 13.3 Å². The molecule has 0 radical (unpaired) electrons. The molecule has 0 saturated heterocycles. The lowest BCUT2D eigenvalue weighted by Crippen LogP contribution is -2.19. The van der Waals surface area contributed by atoms with Gasteiger partial charge in [0.2, 0.25) is 5.91 Å². The quantitative estimate of drug-likeness (QED) is 0.593. The average Bonchev–Trinajstić information content (AvgIpc) is 2.43. The van der Waals surface area contributed by atoms with Crippen LogP contribution in [-0.2, 0) is 16.0 Å². The lowest BCUT2D eigenvalue weighted by molar-refractivity contribution is -0.116. The van der Waals surface area contributed by atoms with Crippen LogP contribution in [0.4, 0.5) is 11.4 Å². The van der Waals surface area contributed by atoms with Gasteiger partial charge in [-0.3, -0.25) is 4.79 Å². The van der Waals surface area contributed by atoms with Crippen molar-refractivity contribution in [2.75, 3.05) is 30.9 Å². The summed E-state index contributed by atoms with van der Waals surface area (Å²) in [6, 6.07) is 3.68. The van der Waals surface area contributed by atoms with E-state index in [1.807, 2.05) is 6.07 Å². The minimum Gasteiger partial charge on any atom is -0.489 e. The maximum absolute atomic E-state index is 11.4. The Morgan fingerprint density at radius 2 is 2.10 bits per heavy atom. The van der Waals surface area contributed by atoms with Gasteiger partial charge in [0.05, 0.1) is 12.3 Å². The van der Waals surface area contributed by atoms with E-state index in [9.17, 15) is 4.79 Å². The second-order valence-corrected chi connectivity index (χ2v) is 4.91. The molecule has 2 rings (SSSR count). The number of rotatable bonds is 7. The minimum absolute atomic E-state index is 0.0381. The fourth-order valence-corrected chi connectivity index (χ4v) is 2.11. The van der Waals surface area contributed by atoms with E-state index in [-0.39, 0.29) is 5.91 Å². The van der Waals surface area contributed by atoms with Crippen LogP contribution in [0.25, 0.3) is 0 Å². The first-order valence-electron chi connectivity index (χ1n) is 7.13. The fourth-order valence-electron chi connectivity index (χ4n) is 2.11. The van der Waals surface area contributed by atoms with Crippen molar-refractivity contribution in [2.45, 2.75) is 32.6 Å². The van der Waals surface area contributed by atoms with E-state index in [1.54, 1.807) is 6.07 Å². The molecule has 5 nitrogen and oxygen atoms in total. The molecular formula is C15H22N2O3. The molecular weight excluding hydrogens is 256 g/mol. The molecule has 1 aromatic carbocycles. The summed E-state index contributed by atoms with van der Waals surface area (Å²) in [6.07, 6.45) is 3.43. The summed E-state index contributed by atoms with van der Waals surface area (Å²) in [5.41, 5.74) is 8.43. The molecule has 0 unspecified atom stereocenters. The first-order valence-corrected chi connectivity index (χ1v) is 7.13. The van der Waals surface area contributed by atoms with Crippen LogP contribution in [0.1, 0.15) is 31.7 Å². The van der Waals surface area contributed by atoms with Gasteiger partial charge in [0, 0.05) is 24.8 Å². The van der Waals surface area contributed by atoms with E-state index in [4.69, 9.17) is 15.2 Å². The number of ether oxygens (including phenoxy) is 2. The van der Waals surface area contributed by atoms with Crippen LogP contribution in [0.5, 0.6) is 5.75 Å². The summed E-state index contributed by atoms with van der Waals surface area (Å²) in [4.78, 5) is 11.4. The molecule has 0 atom stereocenters. The summed E-state index contributed by atoms with van der Waals surface area (Å²) in [6.45, 7) is 3.89. The molecule has 3 N–H and O–H groups in total. The number of anilines is 2. The summed E-state index contributed by atoms with van der Waals surface area (Å²) in [5.74, 6) is 0.640. The first-order chi connectivity index (χ1) is 9.70.